The lowest BCUT2D eigenvalue weighted by Crippen LogP contribution is -1.73. The van der Waals surface area contributed by atoms with Crippen molar-refractivity contribution < 1.29 is 5.11 Å². The van der Waals surface area contributed by atoms with Crippen molar-refractivity contribution in [1.82, 2.24) is 10.2 Å². The topological polar surface area (TPSA) is 48.9 Å². The van der Waals surface area contributed by atoms with Crippen molar-refractivity contribution in [3.8, 4) is 16.9 Å². The first kappa shape index (κ1) is 12.8. The summed E-state index contributed by atoms with van der Waals surface area (Å²) in [6, 6.07) is 7.17. The SMILES string of the molecule is Cl.Cl.Oc1ccccc1-c1cn[nH]c1. The molecule has 0 saturated heterocycles. The van der Waals surface area contributed by atoms with E-state index in [1.165, 1.54) is 0 Å². The Hall–Kier alpha value is -1.19. The van der Waals surface area contributed by atoms with Gasteiger partial charge >= 0.3 is 0 Å². The van der Waals surface area contributed by atoms with Crippen LogP contribution in [0.4, 0.5) is 0 Å². The lowest BCUT2D eigenvalue weighted by molar-refractivity contribution is 0.477. The van der Waals surface area contributed by atoms with Gasteiger partial charge in [-0.1, -0.05) is 18.2 Å². The number of halogens is 2. The molecule has 1 aromatic carbocycles. The second-order valence-corrected chi connectivity index (χ2v) is 2.50. The lowest BCUT2D eigenvalue weighted by atomic mass is 10.1. The van der Waals surface area contributed by atoms with Crippen LogP contribution in [0.15, 0.2) is 36.7 Å². The molecule has 0 aliphatic heterocycles. The molecule has 1 aromatic heterocycles. The van der Waals surface area contributed by atoms with E-state index in [1.807, 2.05) is 12.1 Å². The number of rotatable bonds is 1. The van der Waals surface area contributed by atoms with Crippen LogP contribution in [0.2, 0.25) is 0 Å². The molecule has 0 spiro atoms. The Kier molecular flexibility index (Phi) is 5.05. The van der Waals surface area contributed by atoms with Crippen LogP contribution in [-0.2, 0) is 0 Å². The average molecular weight is 233 g/mol. The van der Waals surface area contributed by atoms with E-state index in [2.05, 4.69) is 10.2 Å². The summed E-state index contributed by atoms with van der Waals surface area (Å²) < 4.78 is 0. The Morgan fingerprint density at radius 3 is 2.43 bits per heavy atom. The molecular formula is C9H10Cl2N2O. The summed E-state index contributed by atoms with van der Waals surface area (Å²) in [6.45, 7) is 0. The van der Waals surface area contributed by atoms with Gasteiger partial charge in [0, 0.05) is 17.3 Å². The third kappa shape index (κ3) is 2.40. The maximum absolute atomic E-state index is 9.44. The number of aromatic hydroxyl groups is 1. The smallest absolute Gasteiger partial charge is 0.123 e. The van der Waals surface area contributed by atoms with Crippen molar-refractivity contribution in [2.24, 2.45) is 0 Å². The van der Waals surface area contributed by atoms with Gasteiger partial charge < -0.3 is 5.11 Å². The quantitative estimate of drug-likeness (QED) is 0.795. The molecule has 0 amide bonds. The van der Waals surface area contributed by atoms with E-state index in [-0.39, 0.29) is 30.6 Å². The monoisotopic (exact) mass is 232 g/mol. The first-order valence-electron chi connectivity index (χ1n) is 3.65. The molecule has 0 aliphatic rings. The lowest BCUT2D eigenvalue weighted by Gasteiger charge is -1.98. The number of nitrogens with zero attached hydrogens (tertiary/aromatic N) is 1. The Morgan fingerprint density at radius 1 is 1.14 bits per heavy atom. The molecule has 2 N–H and O–H groups in total. The molecule has 0 atom stereocenters. The number of aromatic amines is 1. The van der Waals surface area contributed by atoms with E-state index in [1.54, 1.807) is 24.5 Å². The van der Waals surface area contributed by atoms with Gasteiger partial charge in [-0.15, -0.1) is 24.8 Å². The zero-order valence-corrected chi connectivity index (χ0v) is 8.81. The fourth-order valence-corrected chi connectivity index (χ4v) is 1.12. The van der Waals surface area contributed by atoms with Crippen LogP contribution >= 0.6 is 24.8 Å². The number of phenols is 1. The van der Waals surface area contributed by atoms with Gasteiger partial charge in [0.15, 0.2) is 0 Å². The zero-order chi connectivity index (χ0) is 8.39. The third-order valence-corrected chi connectivity index (χ3v) is 1.71. The highest BCUT2D eigenvalue weighted by atomic mass is 35.5. The number of para-hydroxylation sites is 1. The number of nitrogens with one attached hydrogen (secondary N) is 1. The molecule has 0 radical (unpaired) electrons. The zero-order valence-electron chi connectivity index (χ0n) is 7.18. The Labute approximate surface area is 94.0 Å². The van der Waals surface area contributed by atoms with Crippen LogP contribution in [0.1, 0.15) is 0 Å². The van der Waals surface area contributed by atoms with E-state index < -0.39 is 0 Å². The van der Waals surface area contributed by atoms with Crippen LogP contribution in [0.25, 0.3) is 11.1 Å². The van der Waals surface area contributed by atoms with E-state index >= 15 is 0 Å². The van der Waals surface area contributed by atoms with Crippen molar-refractivity contribution in [2.45, 2.75) is 0 Å². The van der Waals surface area contributed by atoms with E-state index in [0.29, 0.717) is 0 Å². The highest BCUT2D eigenvalue weighted by Crippen LogP contribution is 2.26. The molecule has 1 heterocycles. The molecule has 0 unspecified atom stereocenters. The first-order valence-corrected chi connectivity index (χ1v) is 3.65. The van der Waals surface area contributed by atoms with Crippen molar-refractivity contribution in [1.29, 1.82) is 0 Å². The summed E-state index contributed by atoms with van der Waals surface area (Å²) in [5.74, 6) is 0.277. The number of H-pyrrole nitrogens is 1. The van der Waals surface area contributed by atoms with Crippen LogP contribution in [-0.4, -0.2) is 15.3 Å². The highest BCUT2D eigenvalue weighted by molar-refractivity contribution is 5.85. The summed E-state index contributed by atoms with van der Waals surface area (Å²) in [5.41, 5.74) is 1.69. The second kappa shape index (κ2) is 5.52. The van der Waals surface area contributed by atoms with E-state index in [4.69, 9.17) is 0 Å². The van der Waals surface area contributed by atoms with Gasteiger partial charge in [0.2, 0.25) is 0 Å². The third-order valence-electron chi connectivity index (χ3n) is 1.71. The van der Waals surface area contributed by atoms with Gasteiger partial charge in [0.25, 0.3) is 0 Å². The molecule has 2 aromatic rings. The fourth-order valence-electron chi connectivity index (χ4n) is 1.12. The van der Waals surface area contributed by atoms with Crippen LogP contribution in [0, 0.1) is 0 Å². The van der Waals surface area contributed by atoms with Gasteiger partial charge in [-0.05, 0) is 6.07 Å². The molecule has 0 saturated carbocycles. The van der Waals surface area contributed by atoms with Gasteiger partial charge in [-0.3, -0.25) is 5.10 Å². The first-order chi connectivity index (χ1) is 5.88. The van der Waals surface area contributed by atoms with Gasteiger partial charge in [-0.2, -0.15) is 5.10 Å². The van der Waals surface area contributed by atoms with Crippen molar-refractivity contribution >= 4 is 24.8 Å². The fraction of sp³-hybridized carbons (Fsp3) is 0. The summed E-state index contributed by atoms with van der Waals surface area (Å²) in [5, 5.41) is 15.9. The number of aromatic nitrogens is 2. The van der Waals surface area contributed by atoms with Crippen molar-refractivity contribution in [3.63, 3.8) is 0 Å². The molecule has 0 fully saturated rings. The van der Waals surface area contributed by atoms with Gasteiger partial charge in [0.05, 0.1) is 6.20 Å². The summed E-state index contributed by atoms with van der Waals surface area (Å²) in [6.07, 6.45) is 3.42. The van der Waals surface area contributed by atoms with Crippen LogP contribution in [0.3, 0.4) is 0 Å². The predicted molar refractivity (Wildman–Crippen MR) is 60.2 cm³/mol. The Balaban J connectivity index is 0.000000845. The minimum Gasteiger partial charge on any atom is -0.507 e. The number of benzene rings is 1. The average Bonchev–Trinajstić information content (AvgIpc) is 2.57. The summed E-state index contributed by atoms with van der Waals surface area (Å²) >= 11 is 0. The highest BCUT2D eigenvalue weighted by Gasteiger charge is 2.02. The van der Waals surface area contributed by atoms with Crippen molar-refractivity contribution in [3.05, 3.63) is 36.7 Å². The Morgan fingerprint density at radius 2 is 1.86 bits per heavy atom. The molecule has 0 bridgehead atoms. The summed E-state index contributed by atoms with van der Waals surface area (Å²) in [4.78, 5) is 0. The number of hydrogen-bond acceptors (Lipinski definition) is 2. The molecule has 3 nitrogen and oxygen atoms in total. The van der Waals surface area contributed by atoms with Crippen LogP contribution in [0.5, 0.6) is 5.75 Å². The minimum atomic E-state index is 0. The normalized spacial score (nSPS) is 8.57. The molecular weight excluding hydrogens is 223 g/mol. The van der Waals surface area contributed by atoms with E-state index in [9.17, 15) is 5.11 Å². The van der Waals surface area contributed by atoms with Crippen molar-refractivity contribution in [2.75, 3.05) is 0 Å². The maximum atomic E-state index is 9.44. The molecule has 0 aliphatic carbocycles. The minimum absolute atomic E-state index is 0. The predicted octanol–water partition coefficient (Wildman–Crippen LogP) is 2.63. The van der Waals surface area contributed by atoms with E-state index in [0.717, 1.165) is 11.1 Å². The number of phenolic OH excluding ortho intramolecular Hbond substituents is 1. The molecule has 14 heavy (non-hydrogen) atoms. The number of hydrogen-bond donors (Lipinski definition) is 2. The van der Waals surface area contributed by atoms with Crippen LogP contribution < -0.4 is 0 Å². The molecule has 76 valence electrons. The van der Waals surface area contributed by atoms with Gasteiger partial charge in [-0.25, -0.2) is 0 Å². The van der Waals surface area contributed by atoms with Gasteiger partial charge in [0.1, 0.15) is 5.75 Å². The second-order valence-electron chi connectivity index (χ2n) is 2.50. The molecule has 2 rings (SSSR count). The standard InChI is InChI=1S/C9H8N2O.2ClH/c12-9-4-2-1-3-8(9)7-5-10-11-6-7;;/h1-6,12H,(H,10,11);2*1H. The largest absolute Gasteiger partial charge is 0.507 e. The summed E-state index contributed by atoms with van der Waals surface area (Å²) in [7, 11) is 0. The molecule has 5 heteroatoms. The maximum Gasteiger partial charge on any atom is 0.123 e. The Bertz CT molecular complexity index is 376.